The number of nitrogens with one attached hydrogen (secondary N) is 1. The summed E-state index contributed by atoms with van der Waals surface area (Å²) in [5.74, 6) is 6.62. The first-order chi connectivity index (χ1) is 14.1. The molecule has 3 rings (SSSR count). The van der Waals surface area contributed by atoms with Gasteiger partial charge in [-0.2, -0.15) is 0 Å². The fourth-order valence-electron chi connectivity index (χ4n) is 3.17. The molecule has 1 aromatic heterocycles. The summed E-state index contributed by atoms with van der Waals surface area (Å²) in [7, 11) is 1.64. The maximum Gasteiger partial charge on any atom is 0.244 e. The number of aryl methyl sites for hydroxylation is 2. The molecule has 7 nitrogen and oxygen atoms in total. The summed E-state index contributed by atoms with van der Waals surface area (Å²) in [6.45, 7) is 4.26. The molecule has 0 atom stereocenters. The highest BCUT2D eigenvalue weighted by molar-refractivity contribution is 7.99. The standard InChI is InChI=1S/C21H25N5O2S/c1-4-14-7-6-8-15(5-2)19(14)26-20(16-9-11-17(28-3)12-10-16)24-25-21(26)29-13-18(27)23-22/h6-12H,4-5,13,22H2,1-3H3,(H,23,27). The van der Waals surface area contributed by atoms with E-state index in [1.54, 1.807) is 7.11 Å². The van der Waals surface area contributed by atoms with Gasteiger partial charge in [-0.3, -0.25) is 14.8 Å². The molecule has 0 aliphatic rings. The third kappa shape index (κ3) is 4.44. The smallest absolute Gasteiger partial charge is 0.244 e. The molecule has 3 N–H and O–H groups in total. The van der Waals surface area contributed by atoms with Gasteiger partial charge in [0.2, 0.25) is 5.91 Å². The van der Waals surface area contributed by atoms with E-state index in [0.717, 1.165) is 35.7 Å². The van der Waals surface area contributed by atoms with Gasteiger partial charge in [0.25, 0.3) is 0 Å². The first kappa shape index (κ1) is 20.9. The lowest BCUT2D eigenvalue weighted by atomic mass is 10.0. The normalized spacial score (nSPS) is 10.8. The summed E-state index contributed by atoms with van der Waals surface area (Å²) in [6.07, 6.45) is 1.74. The molecular formula is C21H25N5O2S. The molecule has 0 aliphatic carbocycles. The second-order valence-electron chi connectivity index (χ2n) is 6.36. The van der Waals surface area contributed by atoms with Crippen molar-refractivity contribution in [2.75, 3.05) is 12.9 Å². The molecule has 3 aromatic rings. The lowest BCUT2D eigenvalue weighted by Crippen LogP contribution is -2.31. The van der Waals surface area contributed by atoms with Gasteiger partial charge in [0.15, 0.2) is 11.0 Å². The van der Waals surface area contributed by atoms with E-state index in [4.69, 9.17) is 10.6 Å². The van der Waals surface area contributed by atoms with Crippen LogP contribution in [0.4, 0.5) is 0 Å². The molecule has 0 aliphatic heterocycles. The van der Waals surface area contributed by atoms with Gasteiger partial charge in [0, 0.05) is 5.56 Å². The maximum absolute atomic E-state index is 11.7. The van der Waals surface area contributed by atoms with E-state index in [1.807, 2.05) is 28.8 Å². The number of benzene rings is 2. The Kier molecular flexibility index (Phi) is 6.90. The number of hydrogen-bond acceptors (Lipinski definition) is 6. The van der Waals surface area contributed by atoms with E-state index in [-0.39, 0.29) is 11.7 Å². The van der Waals surface area contributed by atoms with Crippen molar-refractivity contribution in [3.8, 4) is 22.8 Å². The van der Waals surface area contributed by atoms with Crippen LogP contribution in [-0.2, 0) is 17.6 Å². The third-order valence-corrected chi connectivity index (χ3v) is 5.59. The first-order valence-electron chi connectivity index (χ1n) is 9.46. The van der Waals surface area contributed by atoms with Crippen LogP contribution in [0.1, 0.15) is 25.0 Å². The van der Waals surface area contributed by atoms with Crippen molar-refractivity contribution in [2.24, 2.45) is 5.84 Å². The fraction of sp³-hybridized carbons (Fsp3) is 0.286. The Morgan fingerprint density at radius 2 is 1.76 bits per heavy atom. The average Bonchev–Trinajstić information content (AvgIpc) is 3.20. The minimum absolute atomic E-state index is 0.160. The second-order valence-corrected chi connectivity index (χ2v) is 7.30. The third-order valence-electron chi connectivity index (χ3n) is 4.66. The monoisotopic (exact) mass is 411 g/mol. The van der Waals surface area contributed by atoms with Gasteiger partial charge in [0.1, 0.15) is 5.75 Å². The van der Waals surface area contributed by atoms with Crippen LogP contribution in [0.5, 0.6) is 5.75 Å². The number of hydrogen-bond donors (Lipinski definition) is 2. The van der Waals surface area contributed by atoms with Crippen LogP contribution in [0.2, 0.25) is 0 Å². The molecule has 0 saturated carbocycles. The molecule has 8 heteroatoms. The Hall–Kier alpha value is -2.84. The SMILES string of the molecule is CCc1cccc(CC)c1-n1c(SCC(=O)NN)nnc1-c1ccc(OC)cc1. The van der Waals surface area contributed by atoms with Gasteiger partial charge in [-0.15, -0.1) is 10.2 Å². The van der Waals surface area contributed by atoms with Crippen LogP contribution in [0.3, 0.4) is 0 Å². The van der Waals surface area contributed by atoms with Crippen LogP contribution in [0.25, 0.3) is 17.1 Å². The molecule has 0 unspecified atom stereocenters. The predicted octanol–water partition coefficient (Wildman–Crippen LogP) is 3.15. The molecule has 0 saturated heterocycles. The number of aromatic nitrogens is 3. The van der Waals surface area contributed by atoms with Crippen molar-refractivity contribution in [3.05, 3.63) is 53.6 Å². The van der Waals surface area contributed by atoms with Crippen LogP contribution >= 0.6 is 11.8 Å². The second kappa shape index (κ2) is 9.58. The zero-order valence-electron chi connectivity index (χ0n) is 16.8. The Balaban J connectivity index is 2.19. The molecule has 0 fully saturated rings. The van der Waals surface area contributed by atoms with Crippen LogP contribution in [0, 0.1) is 0 Å². The van der Waals surface area contributed by atoms with Gasteiger partial charge in [-0.25, -0.2) is 5.84 Å². The Labute approximate surface area is 174 Å². The molecule has 0 spiro atoms. The molecule has 0 bridgehead atoms. The Morgan fingerprint density at radius 3 is 2.31 bits per heavy atom. The van der Waals surface area contributed by atoms with Crippen LogP contribution in [-0.4, -0.2) is 33.5 Å². The largest absolute Gasteiger partial charge is 0.497 e. The Morgan fingerprint density at radius 1 is 1.10 bits per heavy atom. The number of hydrazine groups is 1. The van der Waals surface area contributed by atoms with Crippen molar-refractivity contribution in [2.45, 2.75) is 31.8 Å². The average molecular weight is 412 g/mol. The minimum Gasteiger partial charge on any atom is -0.497 e. The van der Waals surface area contributed by atoms with E-state index in [2.05, 4.69) is 47.7 Å². The number of thioether (sulfide) groups is 1. The lowest BCUT2D eigenvalue weighted by Gasteiger charge is -2.18. The van der Waals surface area contributed by atoms with Gasteiger partial charge in [-0.05, 0) is 48.2 Å². The van der Waals surface area contributed by atoms with E-state index >= 15 is 0 Å². The summed E-state index contributed by atoms with van der Waals surface area (Å²) in [4.78, 5) is 11.7. The lowest BCUT2D eigenvalue weighted by molar-refractivity contribution is -0.118. The van der Waals surface area contributed by atoms with Crippen molar-refractivity contribution < 1.29 is 9.53 Å². The van der Waals surface area contributed by atoms with Gasteiger partial charge in [0.05, 0.1) is 18.6 Å². The number of para-hydroxylation sites is 1. The fourth-order valence-corrected chi connectivity index (χ4v) is 3.92. The number of ether oxygens (including phenoxy) is 1. The molecule has 0 radical (unpaired) electrons. The number of nitrogens with two attached hydrogens (primary N) is 1. The number of carbonyl (C=O) groups is 1. The summed E-state index contributed by atoms with van der Waals surface area (Å²) >= 11 is 1.31. The number of amides is 1. The highest BCUT2D eigenvalue weighted by atomic mass is 32.2. The van der Waals surface area contributed by atoms with Crippen molar-refractivity contribution in [1.82, 2.24) is 20.2 Å². The summed E-state index contributed by atoms with van der Waals surface area (Å²) in [5, 5.41) is 9.50. The molecule has 1 heterocycles. The number of rotatable bonds is 8. The van der Waals surface area contributed by atoms with E-state index in [9.17, 15) is 4.79 Å². The van der Waals surface area contributed by atoms with E-state index in [0.29, 0.717) is 5.16 Å². The predicted molar refractivity (Wildman–Crippen MR) is 115 cm³/mol. The molecule has 152 valence electrons. The molecule has 1 amide bonds. The highest BCUT2D eigenvalue weighted by Crippen LogP contribution is 2.32. The van der Waals surface area contributed by atoms with Crippen LogP contribution < -0.4 is 16.0 Å². The van der Waals surface area contributed by atoms with Gasteiger partial charge in [-0.1, -0.05) is 43.8 Å². The number of methoxy groups -OCH3 is 1. The van der Waals surface area contributed by atoms with Crippen LogP contribution in [0.15, 0.2) is 47.6 Å². The van der Waals surface area contributed by atoms with E-state index in [1.165, 1.54) is 22.9 Å². The molecular weight excluding hydrogens is 386 g/mol. The zero-order chi connectivity index (χ0) is 20.8. The van der Waals surface area contributed by atoms with Gasteiger partial charge >= 0.3 is 0 Å². The zero-order valence-corrected chi connectivity index (χ0v) is 17.6. The van der Waals surface area contributed by atoms with Crippen molar-refractivity contribution >= 4 is 17.7 Å². The summed E-state index contributed by atoms with van der Waals surface area (Å²) < 4.78 is 7.32. The topological polar surface area (TPSA) is 95.1 Å². The first-order valence-corrected chi connectivity index (χ1v) is 10.4. The quantitative estimate of drug-likeness (QED) is 0.256. The van der Waals surface area contributed by atoms with Crippen molar-refractivity contribution in [1.29, 1.82) is 0 Å². The minimum atomic E-state index is -0.268. The van der Waals surface area contributed by atoms with Gasteiger partial charge < -0.3 is 4.74 Å². The highest BCUT2D eigenvalue weighted by Gasteiger charge is 2.21. The molecule has 2 aromatic carbocycles. The molecule has 29 heavy (non-hydrogen) atoms. The van der Waals surface area contributed by atoms with E-state index < -0.39 is 0 Å². The number of nitrogens with zero attached hydrogens (tertiary/aromatic N) is 3. The van der Waals surface area contributed by atoms with Crippen molar-refractivity contribution in [3.63, 3.8) is 0 Å². The number of carbonyl (C=O) groups excluding carboxylic acids is 1. The summed E-state index contributed by atoms with van der Waals surface area (Å²) in [6, 6.07) is 14.0. The summed E-state index contributed by atoms with van der Waals surface area (Å²) in [5.41, 5.74) is 6.55. The Bertz CT molecular complexity index is 963. The maximum atomic E-state index is 11.7.